The van der Waals surface area contributed by atoms with Crippen LogP contribution in [0.25, 0.3) is 0 Å². The highest BCUT2D eigenvalue weighted by molar-refractivity contribution is 7.71. The summed E-state index contributed by atoms with van der Waals surface area (Å²) in [5, 5.41) is 3.76. The molecule has 2 aromatic heterocycles. The van der Waals surface area contributed by atoms with Crippen LogP contribution < -0.4 is 5.32 Å². The molecule has 0 aromatic carbocycles. The molecule has 0 bridgehead atoms. The molecular formula is C13H16ClN5S. The molecule has 7 heteroatoms. The van der Waals surface area contributed by atoms with E-state index in [4.69, 9.17) is 23.8 Å². The summed E-state index contributed by atoms with van der Waals surface area (Å²) >= 11 is 11.3. The van der Waals surface area contributed by atoms with Gasteiger partial charge in [-0.1, -0.05) is 24.9 Å². The number of pyridine rings is 1. The molecule has 0 aliphatic rings. The third-order valence-corrected chi connectivity index (χ3v) is 3.40. The van der Waals surface area contributed by atoms with Gasteiger partial charge in [0, 0.05) is 12.7 Å². The number of nitrogens with zero attached hydrogens (tertiary/aromatic N) is 4. The first-order valence-electron chi connectivity index (χ1n) is 6.47. The van der Waals surface area contributed by atoms with Crippen LogP contribution in [0.1, 0.15) is 25.5 Å². The minimum atomic E-state index is 0.459. The van der Waals surface area contributed by atoms with Crippen molar-refractivity contribution in [3.63, 3.8) is 0 Å². The van der Waals surface area contributed by atoms with Gasteiger partial charge in [-0.05, 0) is 30.8 Å². The van der Waals surface area contributed by atoms with Crippen LogP contribution in [0.4, 0.5) is 5.95 Å². The van der Waals surface area contributed by atoms with E-state index in [9.17, 15) is 0 Å². The number of anilines is 1. The Morgan fingerprint density at radius 2 is 2.25 bits per heavy atom. The van der Waals surface area contributed by atoms with Gasteiger partial charge in [-0.15, -0.1) is 0 Å². The van der Waals surface area contributed by atoms with Crippen molar-refractivity contribution in [1.82, 2.24) is 19.5 Å². The molecule has 2 aromatic rings. The third kappa shape index (κ3) is 3.98. The zero-order chi connectivity index (χ0) is 14.4. The van der Waals surface area contributed by atoms with Gasteiger partial charge in [0.2, 0.25) is 10.7 Å². The molecule has 2 rings (SSSR count). The summed E-state index contributed by atoms with van der Waals surface area (Å²) in [4.78, 5) is 12.7. The second-order valence-electron chi connectivity index (χ2n) is 4.30. The van der Waals surface area contributed by atoms with E-state index in [-0.39, 0.29) is 0 Å². The summed E-state index contributed by atoms with van der Waals surface area (Å²) in [7, 11) is 0. The van der Waals surface area contributed by atoms with Crippen molar-refractivity contribution in [2.24, 2.45) is 0 Å². The van der Waals surface area contributed by atoms with E-state index >= 15 is 0 Å². The van der Waals surface area contributed by atoms with Crippen molar-refractivity contribution in [3.05, 3.63) is 40.1 Å². The van der Waals surface area contributed by atoms with Crippen molar-refractivity contribution in [2.75, 3.05) is 11.9 Å². The Morgan fingerprint density at radius 1 is 1.40 bits per heavy atom. The van der Waals surface area contributed by atoms with Crippen molar-refractivity contribution >= 4 is 29.8 Å². The standard InChI is InChI=1S/C13H16ClN5S/c1-2-3-6-16-12-17-9-19(13(20)18-12)8-11-10(14)5-4-7-15-11/h4-5,7,9H,2-3,6,8H2,1H3,(H,16,18,20). The lowest BCUT2D eigenvalue weighted by atomic mass is 10.3. The molecule has 0 atom stereocenters. The summed E-state index contributed by atoms with van der Waals surface area (Å²) in [6.07, 6.45) is 5.56. The van der Waals surface area contributed by atoms with E-state index < -0.39 is 0 Å². The van der Waals surface area contributed by atoms with Gasteiger partial charge in [-0.25, -0.2) is 4.98 Å². The molecule has 0 radical (unpaired) electrons. The Labute approximate surface area is 128 Å². The highest BCUT2D eigenvalue weighted by atomic mass is 35.5. The minimum absolute atomic E-state index is 0.459. The van der Waals surface area contributed by atoms with Crippen LogP contribution in [-0.2, 0) is 6.54 Å². The Bertz CT molecular complexity index is 628. The third-order valence-electron chi connectivity index (χ3n) is 2.73. The molecule has 0 unspecified atom stereocenters. The summed E-state index contributed by atoms with van der Waals surface area (Å²) in [5.74, 6) is 0.562. The Balaban J connectivity index is 2.10. The van der Waals surface area contributed by atoms with Gasteiger partial charge < -0.3 is 9.88 Å². The molecule has 0 saturated carbocycles. The average Bonchev–Trinajstić information content (AvgIpc) is 2.44. The Kier molecular flexibility index (Phi) is 5.43. The quantitative estimate of drug-likeness (QED) is 0.655. The molecule has 0 spiro atoms. The molecule has 0 amide bonds. The van der Waals surface area contributed by atoms with E-state index in [1.165, 1.54) is 0 Å². The SMILES string of the molecule is CCCCNc1ncn(Cc2ncccc2Cl)c(=S)n1. The fourth-order valence-electron chi connectivity index (χ4n) is 1.62. The van der Waals surface area contributed by atoms with Crippen LogP contribution in [0.3, 0.4) is 0 Å². The van der Waals surface area contributed by atoms with Crippen LogP contribution in [0.15, 0.2) is 24.7 Å². The maximum absolute atomic E-state index is 6.08. The fourth-order valence-corrected chi connectivity index (χ4v) is 2.00. The van der Waals surface area contributed by atoms with Crippen molar-refractivity contribution < 1.29 is 0 Å². The molecule has 0 saturated heterocycles. The predicted octanol–water partition coefficient (Wildman–Crippen LogP) is 3.32. The lowest BCUT2D eigenvalue weighted by Crippen LogP contribution is -2.11. The molecule has 0 fully saturated rings. The molecular weight excluding hydrogens is 294 g/mol. The molecule has 5 nitrogen and oxygen atoms in total. The van der Waals surface area contributed by atoms with Crippen LogP contribution in [0.2, 0.25) is 5.02 Å². The van der Waals surface area contributed by atoms with E-state index in [0.717, 1.165) is 25.1 Å². The summed E-state index contributed by atoms with van der Waals surface area (Å²) < 4.78 is 2.20. The molecule has 2 heterocycles. The normalized spacial score (nSPS) is 10.5. The van der Waals surface area contributed by atoms with Crippen LogP contribution in [-0.4, -0.2) is 26.1 Å². The van der Waals surface area contributed by atoms with Gasteiger partial charge >= 0.3 is 0 Å². The second-order valence-corrected chi connectivity index (χ2v) is 5.08. The van der Waals surface area contributed by atoms with Crippen molar-refractivity contribution in [1.29, 1.82) is 0 Å². The summed E-state index contributed by atoms with van der Waals surface area (Å²) in [6, 6.07) is 3.59. The average molecular weight is 310 g/mol. The number of halogens is 1. The molecule has 0 aliphatic heterocycles. The summed E-state index contributed by atoms with van der Waals surface area (Å²) in [6.45, 7) is 3.45. The van der Waals surface area contributed by atoms with Crippen LogP contribution in [0, 0.1) is 4.77 Å². The summed E-state index contributed by atoms with van der Waals surface area (Å²) in [5.41, 5.74) is 0.751. The molecule has 106 valence electrons. The van der Waals surface area contributed by atoms with Gasteiger partial charge in [0.25, 0.3) is 0 Å². The van der Waals surface area contributed by atoms with E-state index in [1.54, 1.807) is 29.2 Å². The zero-order valence-electron chi connectivity index (χ0n) is 11.2. The first-order chi connectivity index (χ1) is 9.70. The first-order valence-corrected chi connectivity index (χ1v) is 7.26. The first kappa shape index (κ1) is 14.9. The molecule has 0 aliphatic carbocycles. The van der Waals surface area contributed by atoms with Crippen molar-refractivity contribution in [3.8, 4) is 0 Å². The van der Waals surface area contributed by atoms with Crippen molar-refractivity contribution in [2.45, 2.75) is 26.3 Å². The number of hydrogen-bond donors (Lipinski definition) is 1. The van der Waals surface area contributed by atoms with Gasteiger partial charge in [0.05, 0.1) is 17.3 Å². The highest BCUT2D eigenvalue weighted by Gasteiger charge is 2.04. The van der Waals surface area contributed by atoms with E-state index in [1.807, 2.05) is 0 Å². The van der Waals surface area contributed by atoms with Crippen LogP contribution in [0.5, 0.6) is 0 Å². The number of aromatic nitrogens is 4. The number of hydrogen-bond acceptors (Lipinski definition) is 5. The molecule has 20 heavy (non-hydrogen) atoms. The lowest BCUT2D eigenvalue weighted by molar-refractivity contribution is 0.706. The smallest absolute Gasteiger partial charge is 0.226 e. The van der Waals surface area contributed by atoms with Crippen LogP contribution >= 0.6 is 23.8 Å². The van der Waals surface area contributed by atoms with Gasteiger partial charge in [-0.3, -0.25) is 4.98 Å². The number of nitrogens with one attached hydrogen (secondary N) is 1. The fraction of sp³-hybridized carbons (Fsp3) is 0.385. The zero-order valence-corrected chi connectivity index (χ0v) is 12.8. The minimum Gasteiger partial charge on any atom is -0.354 e. The Hall–Kier alpha value is -1.53. The second kappa shape index (κ2) is 7.31. The lowest BCUT2D eigenvalue weighted by Gasteiger charge is -2.08. The monoisotopic (exact) mass is 309 g/mol. The maximum atomic E-state index is 6.08. The largest absolute Gasteiger partial charge is 0.354 e. The number of unbranched alkanes of at least 4 members (excludes halogenated alkanes) is 1. The topological polar surface area (TPSA) is 55.6 Å². The van der Waals surface area contributed by atoms with E-state index in [2.05, 4.69) is 27.2 Å². The highest BCUT2D eigenvalue weighted by Crippen LogP contribution is 2.13. The van der Waals surface area contributed by atoms with E-state index in [0.29, 0.717) is 22.3 Å². The maximum Gasteiger partial charge on any atom is 0.226 e. The number of rotatable bonds is 6. The predicted molar refractivity (Wildman–Crippen MR) is 82.6 cm³/mol. The van der Waals surface area contributed by atoms with Gasteiger partial charge in [-0.2, -0.15) is 4.98 Å². The van der Waals surface area contributed by atoms with Gasteiger partial charge in [0.15, 0.2) is 0 Å². The Morgan fingerprint density at radius 3 is 2.95 bits per heavy atom. The molecule has 1 N–H and O–H groups in total. The van der Waals surface area contributed by atoms with Gasteiger partial charge in [0.1, 0.15) is 6.33 Å².